The van der Waals surface area contributed by atoms with Crippen molar-refractivity contribution in [3.8, 4) is 5.75 Å². The predicted molar refractivity (Wildman–Crippen MR) is 102 cm³/mol. The number of hydrogen-bond donors (Lipinski definition) is 0. The monoisotopic (exact) mass is 392 g/mol. The van der Waals surface area contributed by atoms with E-state index in [9.17, 15) is 4.79 Å². The van der Waals surface area contributed by atoms with E-state index in [1.807, 2.05) is 26.8 Å². The Kier molecular flexibility index (Phi) is 5.77. The van der Waals surface area contributed by atoms with Gasteiger partial charge in [0.25, 0.3) is 5.91 Å². The number of amides is 1. The Bertz CT molecular complexity index is 886. The number of nitrogens with zero attached hydrogens (tertiary/aromatic N) is 2. The maximum Gasteiger partial charge on any atom is 0.282 e. The van der Waals surface area contributed by atoms with Crippen LogP contribution in [0.3, 0.4) is 0 Å². The second-order valence-electron chi connectivity index (χ2n) is 7.67. The van der Waals surface area contributed by atoms with Crippen molar-refractivity contribution in [1.82, 2.24) is 4.74 Å². The highest BCUT2D eigenvalue weighted by molar-refractivity contribution is 6.31. The summed E-state index contributed by atoms with van der Waals surface area (Å²) in [6, 6.07) is 6.69. The molecule has 1 aromatic heterocycles. The Morgan fingerprint density at radius 3 is 2.78 bits per heavy atom. The Balaban J connectivity index is 2.02. The average Bonchev–Trinajstić information content (AvgIpc) is 3.25. The van der Waals surface area contributed by atoms with Gasteiger partial charge < -0.3 is 14.0 Å². The summed E-state index contributed by atoms with van der Waals surface area (Å²) in [6.07, 6.45) is 2.07. The van der Waals surface area contributed by atoms with Crippen molar-refractivity contribution in [1.29, 1.82) is 0 Å². The summed E-state index contributed by atoms with van der Waals surface area (Å²) in [7, 11) is 1.51. The van der Waals surface area contributed by atoms with E-state index in [1.54, 1.807) is 22.9 Å². The lowest BCUT2D eigenvalue weighted by molar-refractivity contribution is 0.0663. The second-order valence-corrected chi connectivity index (χ2v) is 8.10. The quantitative estimate of drug-likeness (QED) is 0.789. The molecule has 0 bridgehead atoms. The number of rotatable bonds is 4. The first-order valence-corrected chi connectivity index (χ1v) is 9.41. The van der Waals surface area contributed by atoms with Gasteiger partial charge >= 0.3 is 0 Å². The molecule has 1 aromatic carbocycles. The van der Waals surface area contributed by atoms with Crippen molar-refractivity contribution < 1.29 is 18.8 Å². The highest BCUT2D eigenvalue weighted by Crippen LogP contribution is 2.24. The number of hydrogen-bond acceptors (Lipinski definition) is 4. The maximum atomic E-state index is 12.8. The van der Waals surface area contributed by atoms with E-state index in [4.69, 9.17) is 25.6 Å². The van der Waals surface area contributed by atoms with Crippen LogP contribution in [-0.2, 0) is 16.7 Å². The molecule has 7 heteroatoms. The minimum atomic E-state index is -0.434. The molecule has 27 heavy (non-hydrogen) atoms. The molecule has 1 atom stereocenters. The van der Waals surface area contributed by atoms with Gasteiger partial charge in [-0.2, -0.15) is 9.73 Å². The standard InChI is InChI=1S/C20H25ClN2O4/c1-20(2,3)17-11-18(23(27-17)12-14-6-5-9-26-14)22-19(24)15-10-13(21)7-8-16(15)25-4/h7-8,10-11,14H,5-6,9,12H2,1-4H3/t14-/m1/s1. The molecule has 0 spiro atoms. The van der Waals surface area contributed by atoms with E-state index in [2.05, 4.69) is 4.99 Å². The highest BCUT2D eigenvalue weighted by atomic mass is 35.5. The van der Waals surface area contributed by atoms with Crippen LogP contribution in [0.2, 0.25) is 5.02 Å². The van der Waals surface area contributed by atoms with Crippen LogP contribution in [0.5, 0.6) is 5.75 Å². The molecule has 1 aliphatic heterocycles. The summed E-state index contributed by atoms with van der Waals surface area (Å²) >= 11 is 6.04. The molecule has 0 aliphatic carbocycles. The van der Waals surface area contributed by atoms with Crippen LogP contribution in [0.25, 0.3) is 0 Å². The summed E-state index contributed by atoms with van der Waals surface area (Å²) in [5.74, 6) is 0.750. The Morgan fingerprint density at radius 1 is 1.37 bits per heavy atom. The lowest BCUT2D eigenvalue weighted by atomic mass is 9.94. The van der Waals surface area contributed by atoms with Gasteiger partial charge in [-0.3, -0.25) is 4.79 Å². The number of halogens is 1. The van der Waals surface area contributed by atoms with E-state index in [0.29, 0.717) is 28.4 Å². The van der Waals surface area contributed by atoms with Crippen LogP contribution in [0, 0.1) is 0 Å². The number of methoxy groups -OCH3 is 1. The van der Waals surface area contributed by atoms with Gasteiger partial charge in [-0.25, -0.2) is 0 Å². The van der Waals surface area contributed by atoms with Crippen LogP contribution < -0.4 is 10.2 Å². The topological polar surface area (TPSA) is 66.0 Å². The fourth-order valence-electron chi connectivity index (χ4n) is 2.94. The first kappa shape index (κ1) is 19.7. The zero-order valence-electron chi connectivity index (χ0n) is 16.1. The van der Waals surface area contributed by atoms with Crippen molar-refractivity contribution in [3.05, 3.63) is 46.1 Å². The van der Waals surface area contributed by atoms with Gasteiger partial charge in [0.2, 0.25) is 0 Å². The SMILES string of the molecule is COc1ccc(Cl)cc1C(=O)N=c1cc(C(C)(C)C)on1C[C@H]1CCCO1. The fraction of sp³-hybridized carbons (Fsp3) is 0.500. The lowest BCUT2D eigenvalue weighted by Gasteiger charge is -2.14. The number of aromatic nitrogens is 1. The third kappa shape index (κ3) is 4.62. The van der Waals surface area contributed by atoms with E-state index < -0.39 is 5.91 Å². The fourth-order valence-corrected chi connectivity index (χ4v) is 3.11. The Morgan fingerprint density at radius 2 is 2.15 bits per heavy atom. The molecule has 0 N–H and O–H groups in total. The first-order valence-electron chi connectivity index (χ1n) is 9.04. The van der Waals surface area contributed by atoms with Gasteiger partial charge in [-0.1, -0.05) is 32.4 Å². The van der Waals surface area contributed by atoms with Crippen molar-refractivity contribution in [2.24, 2.45) is 4.99 Å². The zero-order valence-corrected chi connectivity index (χ0v) is 16.9. The van der Waals surface area contributed by atoms with Gasteiger partial charge in [0, 0.05) is 23.1 Å². The van der Waals surface area contributed by atoms with Gasteiger partial charge in [0.15, 0.2) is 5.49 Å². The number of ether oxygens (including phenoxy) is 2. The van der Waals surface area contributed by atoms with Crippen LogP contribution in [-0.4, -0.2) is 30.5 Å². The number of carbonyl (C=O) groups is 1. The van der Waals surface area contributed by atoms with Crippen molar-refractivity contribution >= 4 is 17.5 Å². The molecular formula is C20H25ClN2O4. The third-order valence-electron chi connectivity index (χ3n) is 4.46. The Labute approximate surface area is 163 Å². The third-order valence-corrected chi connectivity index (χ3v) is 4.70. The predicted octanol–water partition coefficient (Wildman–Crippen LogP) is 3.96. The van der Waals surface area contributed by atoms with E-state index >= 15 is 0 Å². The summed E-state index contributed by atoms with van der Waals surface area (Å²) in [4.78, 5) is 17.1. The minimum absolute atomic E-state index is 0.0683. The smallest absolute Gasteiger partial charge is 0.282 e. The van der Waals surface area contributed by atoms with Crippen LogP contribution in [0.15, 0.2) is 33.8 Å². The van der Waals surface area contributed by atoms with Crippen LogP contribution in [0.1, 0.15) is 49.7 Å². The molecule has 1 fully saturated rings. The van der Waals surface area contributed by atoms with Gasteiger partial charge in [0.05, 0.1) is 25.3 Å². The van der Waals surface area contributed by atoms with Crippen molar-refractivity contribution in [2.45, 2.75) is 51.7 Å². The molecule has 0 radical (unpaired) electrons. The van der Waals surface area contributed by atoms with Gasteiger partial charge in [0.1, 0.15) is 11.5 Å². The molecule has 6 nitrogen and oxygen atoms in total. The maximum absolute atomic E-state index is 12.8. The highest BCUT2D eigenvalue weighted by Gasteiger charge is 2.23. The zero-order chi connectivity index (χ0) is 19.6. The summed E-state index contributed by atoms with van der Waals surface area (Å²) < 4.78 is 18.6. The molecule has 3 rings (SSSR count). The molecule has 146 valence electrons. The van der Waals surface area contributed by atoms with Crippen LogP contribution >= 0.6 is 11.6 Å². The number of carbonyl (C=O) groups excluding carboxylic acids is 1. The summed E-state index contributed by atoms with van der Waals surface area (Å²) in [5.41, 5.74) is 0.567. The van der Waals surface area contributed by atoms with E-state index in [1.165, 1.54) is 7.11 Å². The summed E-state index contributed by atoms with van der Waals surface area (Å²) in [5, 5.41) is 0.448. The number of benzene rings is 1. The average molecular weight is 393 g/mol. The van der Waals surface area contributed by atoms with Gasteiger partial charge in [-0.15, -0.1) is 0 Å². The van der Waals surface area contributed by atoms with Gasteiger partial charge in [-0.05, 0) is 31.0 Å². The molecule has 0 unspecified atom stereocenters. The summed E-state index contributed by atoms with van der Waals surface area (Å²) in [6.45, 7) is 7.42. The van der Waals surface area contributed by atoms with E-state index in [0.717, 1.165) is 25.2 Å². The lowest BCUT2D eigenvalue weighted by Crippen LogP contribution is -2.24. The second kappa shape index (κ2) is 7.90. The Hall–Kier alpha value is -2.05. The molecule has 1 saturated heterocycles. The van der Waals surface area contributed by atoms with Crippen LogP contribution in [0.4, 0.5) is 0 Å². The van der Waals surface area contributed by atoms with Crippen molar-refractivity contribution in [3.63, 3.8) is 0 Å². The molecule has 0 saturated carbocycles. The van der Waals surface area contributed by atoms with E-state index in [-0.39, 0.29) is 11.5 Å². The van der Waals surface area contributed by atoms with Crippen molar-refractivity contribution in [2.75, 3.05) is 13.7 Å². The largest absolute Gasteiger partial charge is 0.496 e. The first-order chi connectivity index (χ1) is 12.8. The molecule has 1 aliphatic rings. The molecule has 1 amide bonds. The molecule has 2 aromatic rings. The molecule has 2 heterocycles. The normalized spacial score (nSPS) is 18.1. The minimum Gasteiger partial charge on any atom is -0.496 e. The molecular weight excluding hydrogens is 368 g/mol.